The Kier molecular flexibility index (Phi) is 8.93. The van der Waals surface area contributed by atoms with E-state index in [0.29, 0.717) is 6.42 Å². The Morgan fingerprint density at radius 3 is 2.39 bits per heavy atom. The molecule has 0 spiro atoms. The predicted molar refractivity (Wildman–Crippen MR) is 66.9 cm³/mol. The van der Waals surface area contributed by atoms with Gasteiger partial charge in [-0.2, -0.15) is 0 Å². The van der Waals surface area contributed by atoms with E-state index >= 15 is 0 Å². The number of hydrogen-bond donors (Lipinski definition) is 0. The minimum Gasteiger partial charge on any atom is -0.432 e. The topological polar surface area (TPSA) is 71.1 Å². The summed E-state index contributed by atoms with van der Waals surface area (Å²) < 4.78 is 31.1. The SMILES string of the molecule is C=CC(=O)OC(CCCCC)OP(=O)(OC)OC. The van der Waals surface area contributed by atoms with Crippen molar-refractivity contribution in [3.05, 3.63) is 12.7 Å². The van der Waals surface area contributed by atoms with E-state index < -0.39 is 20.1 Å². The molecule has 0 rings (SSSR count). The fraction of sp³-hybridized carbons (Fsp3) is 0.727. The molecule has 0 saturated heterocycles. The van der Waals surface area contributed by atoms with Crippen molar-refractivity contribution in [1.29, 1.82) is 0 Å². The highest BCUT2D eigenvalue weighted by atomic mass is 31.2. The van der Waals surface area contributed by atoms with Gasteiger partial charge in [0.1, 0.15) is 0 Å². The molecule has 0 N–H and O–H groups in total. The fourth-order valence-electron chi connectivity index (χ4n) is 1.18. The first-order chi connectivity index (χ1) is 8.51. The van der Waals surface area contributed by atoms with Gasteiger partial charge < -0.3 is 4.74 Å². The monoisotopic (exact) mass is 280 g/mol. The predicted octanol–water partition coefficient (Wildman–Crippen LogP) is 3.04. The van der Waals surface area contributed by atoms with Gasteiger partial charge in [0.05, 0.1) is 0 Å². The highest BCUT2D eigenvalue weighted by Gasteiger charge is 2.29. The molecule has 106 valence electrons. The third-order valence-corrected chi connectivity index (χ3v) is 3.54. The average molecular weight is 280 g/mol. The molecule has 0 aliphatic rings. The Morgan fingerprint density at radius 2 is 1.94 bits per heavy atom. The van der Waals surface area contributed by atoms with E-state index in [0.717, 1.165) is 25.3 Å². The van der Waals surface area contributed by atoms with Crippen LogP contribution in [-0.2, 0) is 27.7 Å². The number of hydrogen-bond acceptors (Lipinski definition) is 6. The number of phosphoric ester groups is 1. The molecule has 0 saturated carbocycles. The maximum atomic E-state index is 11.8. The number of carbonyl (C=O) groups excluding carboxylic acids is 1. The molecule has 6 nitrogen and oxygen atoms in total. The van der Waals surface area contributed by atoms with Gasteiger partial charge in [0.25, 0.3) is 0 Å². The van der Waals surface area contributed by atoms with Crippen LogP contribution in [0.3, 0.4) is 0 Å². The van der Waals surface area contributed by atoms with Crippen LogP contribution in [0.5, 0.6) is 0 Å². The molecule has 0 aromatic heterocycles. The molecular formula is C11H21O6P. The molecule has 1 unspecified atom stereocenters. The third-order valence-electron chi connectivity index (χ3n) is 2.15. The van der Waals surface area contributed by atoms with Gasteiger partial charge >= 0.3 is 13.8 Å². The first-order valence-electron chi connectivity index (χ1n) is 5.74. The lowest BCUT2D eigenvalue weighted by atomic mass is 10.2. The second kappa shape index (κ2) is 9.28. The van der Waals surface area contributed by atoms with Crippen molar-refractivity contribution >= 4 is 13.8 Å². The first-order valence-corrected chi connectivity index (χ1v) is 7.20. The number of esters is 1. The van der Waals surface area contributed by atoms with Gasteiger partial charge in [0, 0.05) is 26.7 Å². The highest BCUT2D eigenvalue weighted by molar-refractivity contribution is 7.48. The summed E-state index contributed by atoms with van der Waals surface area (Å²) in [5.74, 6) is -0.643. The van der Waals surface area contributed by atoms with Crippen LogP contribution in [0.1, 0.15) is 32.6 Å². The normalized spacial score (nSPS) is 13.1. The lowest BCUT2D eigenvalue weighted by molar-refractivity contribution is -0.160. The summed E-state index contributed by atoms with van der Waals surface area (Å²) in [5.41, 5.74) is 0. The summed E-state index contributed by atoms with van der Waals surface area (Å²) in [6, 6.07) is 0. The van der Waals surface area contributed by atoms with Crippen molar-refractivity contribution in [2.75, 3.05) is 14.2 Å². The van der Waals surface area contributed by atoms with Crippen LogP contribution in [0.15, 0.2) is 12.7 Å². The summed E-state index contributed by atoms with van der Waals surface area (Å²) in [4.78, 5) is 11.1. The smallest absolute Gasteiger partial charge is 0.432 e. The second-order valence-corrected chi connectivity index (χ2v) is 5.32. The van der Waals surface area contributed by atoms with Gasteiger partial charge in [-0.3, -0.25) is 9.05 Å². The van der Waals surface area contributed by atoms with Crippen molar-refractivity contribution in [3.63, 3.8) is 0 Å². The van der Waals surface area contributed by atoms with E-state index in [-0.39, 0.29) is 0 Å². The summed E-state index contributed by atoms with van der Waals surface area (Å²) in [6.07, 6.45) is 3.21. The summed E-state index contributed by atoms with van der Waals surface area (Å²) in [5, 5.41) is 0. The van der Waals surface area contributed by atoms with Crippen molar-refractivity contribution in [2.24, 2.45) is 0 Å². The number of carbonyl (C=O) groups is 1. The molecular weight excluding hydrogens is 259 g/mol. The second-order valence-electron chi connectivity index (χ2n) is 3.48. The number of ether oxygens (including phenoxy) is 1. The molecule has 7 heteroatoms. The van der Waals surface area contributed by atoms with Crippen LogP contribution >= 0.6 is 7.82 Å². The average Bonchev–Trinajstić information content (AvgIpc) is 2.38. The quantitative estimate of drug-likeness (QED) is 0.201. The largest absolute Gasteiger partial charge is 0.477 e. The number of rotatable bonds is 10. The van der Waals surface area contributed by atoms with Crippen molar-refractivity contribution in [3.8, 4) is 0 Å². The fourth-order valence-corrected chi connectivity index (χ4v) is 1.93. The Morgan fingerprint density at radius 1 is 1.33 bits per heavy atom. The van der Waals surface area contributed by atoms with E-state index in [1.807, 2.05) is 6.92 Å². The molecule has 0 radical (unpaired) electrons. The molecule has 0 aliphatic carbocycles. The molecule has 1 atom stereocenters. The number of unbranched alkanes of at least 4 members (excludes halogenated alkanes) is 2. The van der Waals surface area contributed by atoms with E-state index in [1.165, 1.54) is 14.2 Å². The van der Waals surface area contributed by atoms with Crippen LogP contribution < -0.4 is 0 Å². The summed E-state index contributed by atoms with van der Waals surface area (Å²) >= 11 is 0. The molecule has 0 aromatic rings. The third kappa shape index (κ3) is 6.91. The van der Waals surface area contributed by atoms with Crippen LogP contribution in [0, 0.1) is 0 Å². The van der Waals surface area contributed by atoms with Gasteiger partial charge in [-0.25, -0.2) is 13.9 Å². The molecule has 0 aliphatic heterocycles. The number of phosphoric acid groups is 1. The van der Waals surface area contributed by atoms with Crippen molar-refractivity contribution < 1.29 is 27.7 Å². The summed E-state index contributed by atoms with van der Waals surface area (Å²) in [7, 11) is -1.27. The van der Waals surface area contributed by atoms with E-state index in [9.17, 15) is 9.36 Å². The Balaban J connectivity index is 4.49. The molecule has 0 fully saturated rings. The standard InChI is InChI=1S/C11H21O6P/c1-5-7-8-9-11(16-10(12)6-2)17-18(13,14-3)15-4/h6,11H,2,5,7-9H2,1,3-4H3. The van der Waals surface area contributed by atoms with Gasteiger partial charge in [-0.05, 0) is 6.42 Å². The molecule has 0 heterocycles. The molecule has 0 aromatic carbocycles. The minimum atomic E-state index is -3.66. The Labute approximate surface area is 108 Å². The Hall–Kier alpha value is -0.680. The molecule has 0 bridgehead atoms. The van der Waals surface area contributed by atoms with Crippen molar-refractivity contribution in [2.45, 2.75) is 38.9 Å². The van der Waals surface area contributed by atoms with Gasteiger partial charge in [-0.15, -0.1) is 0 Å². The Bertz CT molecular complexity index is 296. The van der Waals surface area contributed by atoms with E-state index in [2.05, 4.69) is 15.6 Å². The first kappa shape index (κ1) is 17.3. The van der Waals surface area contributed by atoms with Gasteiger partial charge in [0.15, 0.2) is 0 Å². The zero-order chi connectivity index (χ0) is 14.0. The van der Waals surface area contributed by atoms with Crippen LogP contribution in [0.2, 0.25) is 0 Å². The maximum absolute atomic E-state index is 11.8. The van der Waals surface area contributed by atoms with Crippen LogP contribution in [-0.4, -0.2) is 26.5 Å². The summed E-state index contributed by atoms with van der Waals surface area (Å²) in [6.45, 7) is 5.33. The van der Waals surface area contributed by atoms with Gasteiger partial charge in [0.2, 0.25) is 6.29 Å². The zero-order valence-corrected chi connectivity index (χ0v) is 12.0. The van der Waals surface area contributed by atoms with Gasteiger partial charge in [-0.1, -0.05) is 26.3 Å². The van der Waals surface area contributed by atoms with Crippen LogP contribution in [0.4, 0.5) is 0 Å². The molecule has 0 amide bonds. The lowest BCUT2D eigenvalue weighted by Gasteiger charge is -2.21. The zero-order valence-electron chi connectivity index (χ0n) is 11.1. The highest BCUT2D eigenvalue weighted by Crippen LogP contribution is 2.49. The minimum absolute atomic E-state index is 0.421. The maximum Gasteiger partial charge on any atom is 0.477 e. The van der Waals surface area contributed by atoms with E-state index in [1.54, 1.807) is 0 Å². The lowest BCUT2D eigenvalue weighted by Crippen LogP contribution is -2.20. The van der Waals surface area contributed by atoms with E-state index in [4.69, 9.17) is 9.26 Å². The van der Waals surface area contributed by atoms with Crippen molar-refractivity contribution in [1.82, 2.24) is 0 Å². The molecule has 18 heavy (non-hydrogen) atoms. The van der Waals surface area contributed by atoms with Crippen LogP contribution in [0.25, 0.3) is 0 Å².